The van der Waals surface area contributed by atoms with Crippen molar-refractivity contribution in [1.29, 1.82) is 0 Å². The second-order valence-corrected chi connectivity index (χ2v) is 9.77. The number of hydrogen-bond acceptors (Lipinski definition) is 2. The van der Waals surface area contributed by atoms with Gasteiger partial charge in [0.2, 0.25) is 0 Å². The van der Waals surface area contributed by atoms with E-state index < -0.39 is 5.60 Å². The monoisotopic (exact) mass is 386 g/mol. The minimum atomic E-state index is -0.409. The highest BCUT2D eigenvalue weighted by Crippen LogP contribution is 2.49. The second kappa shape index (κ2) is 6.79. The lowest BCUT2D eigenvalue weighted by molar-refractivity contribution is -0.0387. The molecule has 2 aliphatic carbocycles. The van der Waals surface area contributed by atoms with Gasteiger partial charge in [0, 0.05) is 47.2 Å². The van der Waals surface area contributed by atoms with Crippen LogP contribution in [0.2, 0.25) is 5.02 Å². The van der Waals surface area contributed by atoms with Gasteiger partial charge in [-0.1, -0.05) is 30.9 Å². The van der Waals surface area contributed by atoms with Gasteiger partial charge in [0.1, 0.15) is 0 Å². The summed E-state index contributed by atoms with van der Waals surface area (Å²) in [5, 5.41) is 13.3. The number of benzene rings is 1. The fourth-order valence-electron chi connectivity index (χ4n) is 5.91. The molecule has 146 valence electrons. The van der Waals surface area contributed by atoms with Crippen LogP contribution in [0.3, 0.4) is 0 Å². The van der Waals surface area contributed by atoms with E-state index in [1.165, 1.54) is 54.3 Å². The van der Waals surface area contributed by atoms with Gasteiger partial charge in [-0.25, -0.2) is 0 Å². The van der Waals surface area contributed by atoms with Crippen molar-refractivity contribution in [1.82, 2.24) is 9.47 Å². The van der Waals surface area contributed by atoms with E-state index in [2.05, 4.69) is 28.6 Å². The Morgan fingerprint density at radius 1 is 1.19 bits per heavy atom. The molecular weight excluding hydrogens is 356 g/mol. The molecule has 3 aliphatic rings. The van der Waals surface area contributed by atoms with Crippen LogP contribution in [0.15, 0.2) is 18.2 Å². The predicted molar refractivity (Wildman–Crippen MR) is 111 cm³/mol. The topological polar surface area (TPSA) is 28.4 Å². The molecule has 1 N–H and O–H groups in total. The lowest BCUT2D eigenvalue weighted by Gasteiger charge is -2.45. The Morgan fingerprint density at radius 2 is 2.00 bits per heavy atom. The molecule has 4 heteroatoms. The number of nitrogens with zero attached hydrogens (tertiary/aromatic N) is 2. The summed E-state index contributed by atoms with van der Waals surface area (Å²) in [6, 6.07) is 6.97. The van der Waals surface area contributed by atoms with E-state index >= 15 is 0 Å². The fraction of sp³-hybridized carbons (Fsp3) is 0.652. The molecule has 0 saturated heterocycles. The number of halogens is 1. The first kappa shape index (κ1) is 18.0. The Balaban J connectivity index is 1.51. The first-order valence-electron chi connectivity index (χ1n) is 10.8. The van der Waals surface area contributed by atoms with E-state index in [4.69, 9.17) is 11.6 Å². The molecule has 5 rings (SSSR count). The molecule has 1 aliphatic heterocycles. The summed E-state index contributed by atoms with van der Waals surface area (Å²) in [6.07, 6.45) is 10.3. The Hall–Kier alpha value is -1.03. The van der Waals surface area contributed by atoms with Crippen molar-refractivity contribution in [2.24, 2.45) is 5.92 Å². The molecule has 2 unspecified atom stereocenters. The molecule has 1 aromatic carbocycles. The zero-order valence-corrected chi connectivity index (χ0v) is 17.1. The van der Waals surface area contributed by atoms with Crippen molar-refractivity contribution in [2.45, 2.75) is 76.0 Å². The third kappa shape index (κ3) is 3.12. The standard InChI is InChI=1S/C23H31ClN2O/c1-25-12-9-22-19(15-25)18-13-17(24)6-8-21(18)26(22)20-7-5-16(20)14-23(27)10-3-2-4-11-23/h6,8,13,16,20,27H,2-5,7,9-12,14-15H2,1H3. The minimum absolute atomic E-state index is 0.409. The summed E-state index contributed by atoms with van der Waals surface area (Å²) in [5.74, 6) is 0.614. The van der Waals surface area contributed by atoms with Crippen LogP contribution in [0.1, 0.15) is 68.7 Å². The van der Waals surface area contributed by atoms with Crippen LogP contribution in [0.5, 0.6) is 0 Å². The van der Waals surface area contributed by atoms with Gasteiger partial charge < -0.3 is 14.6 Å². The number of rotatable bonds is 3. The van der Waals surface area contributed by atoms with Crippen LogP contribution in [0.25, 0.3) is 10.9 Å². The molecular formula is C23H31ClN2O. The van der Waals surface area contributed by atoms with Crippen molar-refractivity contribution < 1.29 is 5.11 Å². The molecule has 0 spiro atoms. The Bertz CT molecular complexity index is 852. The van der Waals surface area contributed by atoms with Gasteiger partial charge in [-0.15, -0.1) is 0 Å². The molecule has 2 aromatic rings. The number of likely N-dealkylation sites (N-methyl/N-ethyl adjacent to an activating group) is 1. The summed E-state index contributed by atoms with van der Waals surface area (Å²) < 4.78 is 2.65. The van der Waals surface area contributed by atoms with Gasteiger partial charge in [-0.2, -0.15) is 0 Å². The Labute approximate surface area is 167 Å². The molecule has 3 nitrogen and oxygen atoms in total. The zero-order chi connectivity index (χ0) is 18.6. The summed E-state index contributed by atoms with van der Waals surface area (Å²) >= 11 is 6.35. The van der Waals surface area contributed by atoms with Crippen LogP contribution in [-0.2, 0) is 13.0 Å². The van der Waals surface area contributed by atoms with Crippen molar-refractivity contribution in [3.8, 4) is 0 Å². The summed E-state index contributed by atoms with van der Waals surface area (Å²) in [7, 11) is 2.21. The van der Waals surface area contributed by atoms with E-state index in [9.17, 15) is 5.11 Å². The maximum absolute atomic E-state index is 11.1. The van der Waals surface area contributed by atoms with Crippen LogP contribution in [0, 0.1) is 5.92 Å². The number of fused-ring (bicyclic) bond motifs is 3. The minimum Gasteiger partial charge on any atom is -0.390 e. The summed E-state index contributed by atoms with van der Waals surface area (Å²) in [6.45, 7) is 2.14. The quantitative estimate of drug-likeness (QED) is 0.773. The van der Waals surface area contributed by atoms with Crippen molar-refractivity contribution in [2.75, 3.05) is 13.6 Å². The van der Waals surface area contributed by atoms with Gasteiger partial charge in [-0.3, -0.25) is 0 Å². The first-order chi connectivity index (χ1) is 13.0. The van der Waals surface area contributed by atoms with E-state index in [1.54, 1.807) is 0 Å². The molecule has 0 bridgehead atoms. The number of aromatic nitrogens is 1. The van der Waals surface area contributed by atoms with Gasteiger partial charge in [0.25, 0.3) is 0 Å². The second-order valence-electron chi connectivity index (χ2n) is 9.34. The van der Waals surface area contributed by atoms with E-state index in [-0.39, 0.29) is 0 Å². The molecule has 2 fully saturated rings. The number of aliphatic hydroxyl groups is 1. The summed E-state index contributed by atoms with van der Waals surface area (Å²) in [5.41, 5.74) is 3.94. The molecule has 0 radical (unpaired) electrons. The van der Waals surface area contributed by atoms with Gasteiger partial charge in [0.05, 0.1) is 5.60 Å². The van der Waals surface area contributed by atoms with Gasteiger partial charge >= 0.3 is 0 Å². The zero-order valence-electron chi connectivity index (χ0n) is 16.4. The Kier molecular flexibility index (Phi) is 4.53. The highest BCUT2D eigenvalue weighted by Gasteiger charge is 2.41. The normalized spacial score (nSPS) is 28.1. The molecule has 1 aromatic heterocycles. The van der Waals surface area contributed by atoms with Crippen molar-refractivity contribution in [3.05, 3.63) is 34.5 Å². The van der Waals surface area contributed by atoms with Gasteiger partial charge in [0.15, 0.2) is 0 Å². The predicted octanol–water partition coefficient (Wildman–Crippen LogP) is 5.32. The Morgan fingerprint density at radius 3 is 2.74 bits per heavy atom. The maximum atomic E-state index is 11.1. The maximum Gasteiger partial charge on any atom is 0.0651 e. The van der Waals surface area contributed by atoms with E-state index in [1.807, 2.05) is 6.07 Å². The molecule has 0 amide bonds. The highest BCUT2D eigenvalue weighted by molar-refractivity contribution is 6.31. The lowest BCUT2D eigenvalue weighted by atomic mass is 9.69. The molecule has 2 atom stereocenters. The lowest BCUT2D eigenvalue weighted by Crippen LogP contribution is -2.40. The highest BCUT2D eigenvalue weighted by atomic mass is 35.5. The summed E-state index contributed by atoms with van der Waals surface area (Å²) in [4.78, 5) is 2.41. The van der Waals surface area contributed by atoms with Crippen LogP contribution in [-0.4, -0.2) is 33.8 Å². The average Bonchev–Trinajstić information content (AvgIpc) is 2.93. The average molecular weight is 387 g/mol. The SMILES string of the molecule is CN1CCc2c(c3cc(Cl)ccc3n2C2CCC2CC2(O)CCCCC2)C1. The van der Waals surface area contributed by atoms with E-state index in [0.29, 0.717) is 12.0 Å². The van der Waals surface area contributed by atoms with Crippen molar-refractivity contribution >= 4 is 22.5 Å². The van der Waals surface area contributed by atoms with Gasteiger partial charge in [-0.05, 0) is 68.8 Å². The molecule has 2 saturated carbocycles. The van der Waals surface area contributed by atoms with E-state index in [0.717, 1.165) is 43.8 Å². The molecule has 2 heterocycles. The largest absolute Gasteiger partial charge is 0.390 e. The van der Waals surface area contributed by atoms with Crippen LogP contribution < -0.4 is 0 Å². The first-order valence-corrected chi connectivity index (χ1v) is 11.1. The van der Waals surface area contributed by atoms with Crippen LogP contribution in [0.4, 0.5) is 0 Å². The van der Waals surface area contributed by atoms with Crippen molar-refractivity contribution in [3.63, 3.8) is 0 Å². The third-order valence-electron chi connectivity index (χ3n) is 7.48. The third-order valence-corrected chi connectivity index (χ3v) is 7.71. The molecule has 27 heavy (non-hydrogen) atoms. The van der Waals surface area contributed by atoms with Crippen LogP contribution >= 0.6 is 11.6 Å². The number of hydrogen-bond donors (Lipinski definition) is 1. The smallest absolute Gasteiger partial charge is 0.0651 e. The fourth-order valence-corrected chi connectivity index (χ4v) is 6.08.